The summed E-state index contributed by atoms with van der Waals surface area (Å²) in [5, 5.41) is 0. The topological polar surface area (TPSA) is 35.5 Å². The molecule has 0 heterocycles. The first-order valence-corrected chi connectivity index (χ1v) is 5.42. The van der Waals surface area contributed by atoms with Crippen LogP contribution in [0.5, 0.6) is 11.5 Å². The summed E-state index contributed by atoms with van der Waals surface area (Å²) in [6.45, 7) is 1.12. The Hall–Kier alpha value is -1.14. The molecule has 1 aromatic carbocycles. The fraction of sp³-hybridized carbons (Fsp3) is 0.300. The standard InChI is InChI=1S/C10H7Cl2F3O3/c1-5(16)17-6-2-3-7(9(11)12)8(4-6)18-10(13,14)15/h2-4,9H,1H3. The number of ether oxygens (including phenoxy) is 2. The van der Waals surface area contributed by atoms with Gasteiger partial charge in [-0.1, -0.05) is 23.2 Å². The molecule has 0 N–H and O–H groups in total. The summed E-state index contributed by atoms with van der Waals surface area (Å²) in [4.78, 5) is 9.49. The maximum Gasteiger partial charge on any atom is 0.573 e. The molecule has 0 aliphatic carbocycles. The minimum absolute atomic E-state index is 0.0773. The third-order valence-corrected chi connectivity index (χ3v) is 2.18. The summed E-state index contributed by atoms with van der Waals surface area (Å²) in [7, 11) is 0. The number of hydrogen-bond donors (Lipinski definition) is 0. The zero-order chi connectivity index (χ0) is 13.9. The fourth-order valence-electron chi connectivity index (χ4n) is 1.14. The molecule has 0 saturated heterocycles. The van der Waals surface area contributed by atoms with Gasteiger partial charge in [-0.3, -0.25) is 4.79 Å². The Morgan fingerprint density at radius 1 is 1.33 bits per heavy atom. The maximum atomic E-state index is 12.2. The normalized spacial score (nSPS) is 11.5. The highest BCUT2D eigenvalue weighted by Crippen LogP contribution is 2.37. The molecule has 18 heavy (non-hydrogen) atoms. The first kappa shape index (κ1) is 14.9. The average molecular weight is 303 g/mol. The van der Waals surface area contributed by atoms with E-state index in [2.05, 4.69) is 9.47 Å². The molecular weight excluding hydrogens is 296 g/mol. The van der Waals surface area contributed by atoms with Crippen molar-refractivity contribution in [2.75, 3.05) is 0 Å². The largest absolute Gasteiger partial charge is 0.573 e. The van der Waals surface area contributed by atoms with Gasteiger partial charge >= 0.3 is 12.3 Å². The van der Waals surface area contributed by atoms with Gasteiger partial charge in [0.2, 0.25) is 0 Å². The van der Waals surface area contributed by atoms with Crippen LogP contribution in [0.3, 0.4) is 0 Å². The SMILES string of the molecule is CC(=O)Oc1ccc(C(Cl)Cl)c(OC(F)(F)F)c1. The predicted octanol–water partition coefficient (Wildman–Crippen LogP) is 3.99. The van der Waals surface area contributed by atoms with E-state index in [4.69, 9.17) is 23.2 Å². The van der Waals surface area contributed by atoms with Crippen LogP contribution in [-0.2, 0) is 4.79 Å². The summed E-state index contributed by atoms with van der Waals surface area (Å²) >= 11 is 11.0. The van der Waals surface area contributed by atoms with Crippen LogP contribution in [0.2, 0.25) is 0 Å². The second-order valence-electron chi connectivity index (χ2n) is 3.14. The van der Waals surface area contributed by atoms with Crippen LogP contribution >= 0.6 is 23.2 Å². The number of carbonyl (C=O) groups is 1. The quantitative estimate of drug-likeness (QED) is 0.481. The molecule has 0 radical (unpaired) electrons. The Labute approximate surface area is 110 Å². The second kappa shape index (κ2) is 5.67. The van der Waals surface area contributed by atoms with Crippen LogP contribution in [0.25, 0.3) is 0 Å². The van der Waals surface area contributed by atoms with Gasteiger partial charge in [0.1, 0.15) is 16.3 Å². The summed E-state index contributed by atoms with van der Waals surface area (Å²) in [5.74, 6) is -1.38. The van der Waals surface area contributed by atoms with Crippen molar-refractivity contribution in [3.63, 3.8) is 0 Å². The van der Waals surface area contributed by atoms with Crippen molar-refractivity contribution in [1.82, 2.24) is 0 Å². The van der Waals surface area contributed by atoms with E-state index in [9.17, 15) is 18.0 Å². The lowest BCUT2D eigenvalue weighted by atomic mass is 10.2. The molecule has 0 bridgehead atoms. The van der Waals surface area contributed by atoms with Crippen LogP contribution in [0.4, 0.5) is 13.2 Å². The molecule has 100 valence electrons. The molecule has 1 rings (SSSR count). The van der Waals surface area contributed by atoms with Crippen LogP contribution in [0, 0.1) is 0 Å². The molecule has 0 aliphatic heterocycles. The summed E-state index contributed by atoms with van der Waals surface area (Å²) < 4.78 is 44.9. The summed E-state index contributed by atoms with van der Waals surface area (Å²) in [5.41, 5.74) is -0.0773. The molecule has 0 aromatic heterocycles. The minimum atomic E-state index is -4.90. The van der Waals surface area contributed by atoms with E-state index in [0.717, 1.165) is 13.0 Å². The first-order chi connectivity index (χ1) is 8.19. The molecule has 0 unspecified atom stereocenters. The smallest absolute Gasteiger partial charge is 0.427 e. The molecule has 0 amide bonds. The van der Waals surface area contributed by atoms with Gasteiger partial charge in [-0.25, -0.2) is 0 Å². The molecule has 0 spiro atoms. The molecular formula is C10H7Cl2F3O3. The highest BCUT2D eigenvalue weighted by Gasteiger charge is 2.33. The summed E-state index contributed by atoms with van der Waals surface area (Å²) in [6.07, 6.45) is -4.90. The van der Waals surface area contributed by atoms with Gasteiger partial charge < -0.3 is 9.47 Å². The van der Waals surface area contributed by atoms with Gasteiger partial charge in [0, 0.05) is 18.6 Å². The van der Waals surface area contributed by atoms with Gasteiger partial charge in [-0.2, -0.15) is 0 Å². The monoisotopic (exact) mass is 302 g/mol. The van der Waals surface area contributed by atoms with Crippen molar-refractivity contribution in [2.24, 2.45) is 0 Å². The third kappa shape index (κ3) is 4.62. The van der Waals surface area contributed by atoms with Crippen LogP contribution in [0.1, 0.15) is 17.3 Å². The number of hydrogen-bond acceptors (Lipinski definition) is 3. The molecule has 0 atom stereocenters. The van der Waals surface area contributed by atoms with Crippen LogP contribution in [0.15, 0.2) is 18.2 Å². The van der Waals surface area contributed by atoms with Crippen molar-refractivity contribution in [1.29, 1.82) is 0 Å². The van der Waals surface area contributed by atoms with Gasteiger partial charge in [0.05, 0.1) is 0 Å². The van der Waals surface area contributed by atoms with E-state index in [0.29, 0.717) is 0 Å². The average Bonchev–Trinajstić information content (AvgIpc) is 2.13. The van der Waals surface area contributed by atoms with E-state index >= 15 is 0 Å². The van der Waals surface area contributed by atoms with Crippen molar-refractivity contribution in [2.45, 2.75) is 18.1 Å². The number of halogens is 5. The second-order valence-corrected chi connectivity index (χ2v) is 4.24. The Bertz CT molecular complexity index is 446. The number of carbonyl (C=O) groups excluding carboxylic acids is 1. The number of esters is 1. The lowest BCUT2D eigenvalue weighted by molar-refractivity contribution is -0.274. The first-order valence-electron chi connectivity index (χ1n) is 4.55. The Balaban J connectivity index is 3.11. The van der Waals surface area contributed by atoms with E-state index in [1.165, 1.54) is 12.1 Å². The molecule has 0 aliphatic rings. The number of alkyl halides is 5. The highest BCUT2D eigenvalue weighted by molar-refractivity contribution is 6.44. The van der Waals surface area contributed by atoms with Crippen molar-refractivity contribution in [3.05, 3.63) is 23.8 Å². The van der Waals surface area contributed by atoms with Gasteiger partial charge in [-0.05, 0) is 12.1 Å². The van der Waals surface area contributed by atoms with E-state index in [1.54, 1.807) is 0 Å². The zero-order valence-electron chi connectivity index (χ0n) is 8.92. The lowest BCUT2D eigenvalue weighted by Gasteiger charge is -2.14. The summed E-state index contributed by atoms with van der Waals surface area (Å²) in [6, 6.07) is 3.34. The minimum Gasteiger partial charge on any atom is -0.427 e. The molecule has 0 saturated carbocycles. The van der Waals surface area contributed by atoms with Crippen LogP contribution < -0.4 is 9.47 Å². The maximum absolute atomic E-state index is 12.2. The molecule has 0 fully saturated rings. The van der Waals surface area contributed by atoms with E-state index in [1.807, 2.05) is 0 Å². The third-order valence-electron chi connectivity index (χ3n) is 1.71. The molecule has 1 aromatic rings. The van der Waals surface area contributed by atoms with Gasteiger partial charge in [0.25, 0.3) is 0 Å². The van der Waals surface area contributed by atoms with Crippen molar-refractivity contribution in [3.8, 4) is 11.5 Å². The fourth-order valence-corrected chi connectivity index (χ4v) is 1.50. The Morgan fingerprint density at radius 3 is 2.39 bits per heavy atom. The Kier molecular flexibility index (Phi) is 4.70. The van der Waals surface area contributed by atoms with E-state index < -0.39 is 22.9 Å². The van der Waals surface area contributed by atoms with Crippen LogP contribution in [-0.4, -0.2) is 12.3 Å². The van der Waals surface area contributed by atoms with Crippen molar-refractivity contribution < 1.29 is 27.4 Å². The number of rotatable bonds is 3. The van der Waals surface area contributed by atoms with Crippen molar-refractivity contribution >= 4 is 29.2 Å². The predicted molar refractivity (Wildman–Crippen MR) is 58.9 cm³/mol. The lowest BCUT2D eigenvalue weighted by Crippen LogP contribution is -2.18. The molecule has 3 nitrogen and oxygen atoms in total. The highest BCUT2D eigenvalue weighted by atomic mass is 35.5. The molecule has 8 heteroatoms. The van der Waals surface area contributed by atoms with Gasteiger partial charge in [0.15, 0.2) is 0 Å². The Morgan fingerprint density at radius 2 is 1.94 bits per heavy atom. The zero-order valence-corrected chi connectivity index (χ0v) is 10.4. The van der Waals surface area contributed by atoms with Gasteiger partial charge in [-0.15, -0.1) is 13.2 Å². The number of benzene rings is 1. The van der Waals surface area contributed by atoms with E-state index in [-0.39, 0.29) is 11.3 Å².